The van der Waals surface area contributed by atoms with Gasteiger partial charge in [-0.2, -0.15) is 5.26 Å². The first-order chi connectivity index (χ1) is 7.60. The van der Waals surface area contributed by atoms with Crippen LogP contribution in [0, 0.1) is 21.4 Å². The molecule has 0 saturated carbocycles. The second kappa shape index (κ2) is 5.21. The van der Waals surface area contributed by atoms with Gasteiger partial charge in [-0.1, -0.05) is 12.1 Å². The highest BCUT2D eigenvalue weighted by Gasteiger charge is 2.30. The van der Waals surface area contributed by atoms with Crippen molar-refractivity contribution in [2.75, 3.05) is 6.61 Å². The summed E-state index contributed by atoms with van der Waals surface area (Å²) in [6.07, 6.45) is -1.38. The minimum atomic E-state index is -1.45. The highest BCUT2D eigenvalue weighted by Crippen LogP contribution is 2.18. The molecule has 0 spiro atoms. The Bertz CT molecular complexity index is 410. The standard InChI is InChI=1S/C10H10N2O4/c11-5-7-1-3-8(4-2-7)10(14)9(6-13)12(15)16/h1-4,9-10,13-14H,6H2/t9-,10-/m1/s1. The summed E-state index contributed by atoms with van der Waals surface area (Å²) in [4.78, 5) is 9.77. The zero-order valence-corrected chi connectivity index (χ0v) is 8.28. The molecule has 0 aliphatic carbocycles. The Balaban J connectivity index is 2.91. The lowest BCUT2D eigenvalue weighted by Gasteiger charge is -2.14. The number of aliphatic hydroxyl groups is 2. The number of nitrogens with zero attached hydrogens (tertiary/aromatic N) is 2. The van der Waals surface area contributed by atoms with Gasteiger partial charge in [0.2, 0.25) is 0 Å². The van der Waals surface area contributed by atoms with Gasteiger partial charge in [0.1, 0.15) is 12.7 Å². The molecule has 0 aliphatic heterocycles. The van der Waals surface area contributed by atoms with Crippen molar-refractivity contribution in [3.8, 4) is 6.07 Å². The van der Waals surface area contributed by atoms with Crippen LogP contribution in [0.15, 0.2) is 24.3 Å². The van der Waals surface area contributed by atoms with Crippen LogP contribution in [0.5, 0.6) is 0 Å². The Morgan fingerprint density at radius 1 is 1.44 bits per heavy atom. The third kappa shape index (κ3) is 2.53. The van der Waals surface area contributed by atoms with Gasteiger partial charge < -0.3 is 10.2 Å². The Labute approximate surface area is 91.5 Å². The number of rotatable bonds is 4. The highest BCUT2D eigenvalue weighted by molar-refractivity contribution is 5.32. The molecular formula is C10H10N2O4. The van der Waals surface area contributed by atoms with Crippen LogP contribution in [-0.4, -0.2) is 27.8 Å². The van der Waals surface area contributed by atoms with Gasteiger partial charge in [-0.15, -0.1) is 0 Å². The first kappa shape index (κ1) is 12.1. The molecule has 0 saturated heterocycles. The summed E-state index contributed by atoms with van der Waals surface area (Å²) < 4.78 is 0. The molecule has 0 aliphatic rings. The summed E-state index contributed by atoms with van der Waals surface area (Å²) in [5, 5.41) is 37.5. The van der Waals surface area contributed by atoms with Gasteiger partial charge in [0.15, 0.2) is 0 Å². The molecule has 0 aromatic heterocycles. The van der Waals surface area contributed by atoms with Crippen LogP contribution in [0.2, 0.25) is 0 Å². The molecule has 0 unspecified atom stereocenters. The van der Waals surface area contributed by atoms with E-state index < -0.39 is 23.7 Å². The topological polar surface area (TPSA) is 107 Å². The van der Waals surface area contributed by atoms with Crippen molar-refractivity contribution in [2.24, 2.45) is 0 Å². The average molecular weight is 222 g/mol. The van der Waals surface area contributed by atoms with E-state index in [0.29, 0.717) is 11.1 Å². The van der Waals surface area contributed by atoms with Crippen LogP contribution >= 0.6 is 0 Å². The van der Waals surface area contributed by atoms with Crippen LogP contribution in [0.1, 0.15) is 17.2 Å². The van der Waals surface area contributed by atoms with Gasteiger partial charge in [-0.3, -0.25) is 10.1 Å². The Kier molecular flexibility index (Phi) is 3.94. The lowest BCUT2D eigenvalue weighted by Crippen LogP contribution is -2.31. The molecule has 84 valence electrons. The SMILES string of the molecule is N#Cc1ccc([C@@H](O)[C@@H](CO)[N+](=O)[O-])cc1. The van der Waals surface area contributed by atoms with E-state index in [1.165, 1.54) is 24.3 Å². The van der Waals surface area contributed by atoms with E-state index in [1.807, 2.05) is 6.07 Å². The quantitative estimate of drug-likeness (QED) is 0.560. The molecule has 0 fully saturated rings. The van der Waals surface area contributed by atoms with Crippen molar-refractivity contribution >= 4 is 0 Å². The van der Waals surface area contributed by atoms with Gasteiger partial charge in [0.25, 0.3) is 6.04 Å². The lowest BCUT2D eigenvalue weighted by molar-refractivity contribution is -0.539. The van der Waals surface area contributed by atoms with Crippen LogP contribution in [0.25, 0.3) is 0 Å². The number of aliphatic hydroxyl groups excluding tert-OH is 2. The molecule has 1 aromatic rings. The highest BCUT2D eigenvalue weighted by atomic mass is 16.6. The maximum absolute atomic E-state index is 10.5. The van der Waals surface area contributed by atoms with E-state index in [0.717, 1.165) is 0 Å². The number of hydrogen-bond acceptors (Lipinski definition) is 5. The van der Waals surface area contributed by atoms with Crippen molar-refractivity contribution in [2.45, 2.75) is 12.1 Å². The summed E-state index contributed by atoms with van der Waals surface area (Å²) in [5.41, 5.74) is 0.701. The third-order valence-corrected chi connectivity index (χ3v) is 2.20. The van der Waals surface area contributed by atoms with E-state index in [2.05, 4.69) is 0 Å². The number of hydrogen-bond donors (Lipinski definition) is 2. The Morgan fingerprint density at radius 3 is 2.38 bits per heavy atom. The molecule has 0 heterocycles. The fraction of sp³-hybridized carbons (Fsp3) is 0.300. The van der Waals surface area contributed by atoms with Crippen molar-refractivity contribution in [3.05, 3.63) is 45.5 Å². The molecule has 2 N–H and O–H groups in total. The maximum Gasteiger partial charge on any atom is 0.265 e. The van der Waals surface area contributed by atoms with Crippen LogP contribution < -0.4 is 0 Å². The zero-order valence-electron chi connectivity index (χ0n) is 8.28. The molecule has 1 aromatic carbocycles. The molecular weight excluding hydrogens is 212 g/mol. The van der Waals surface area contributed by atoms with Crippen LogP contribution in [0.4, 0.5) is 0 Å². The summed E-state index contributed by atoms with van der Waals surface area (Å²) in [6.45, 7) is -0.742. The summed E-state index contributed by atoms with van der Waals surface area (Å²) in [7, 11) is 0. The molecule has 0 radical (unpaired) electrons. The van der Waals surface area contributed by atoms with E-state index in [-0.39, 0.29) is 0 Å². The van der Waals surface area contributed by atoms with Crippen molar-refractivity contribution in [1.82, 2.24) is 0 Å². The molecule has 1 rings (SSSR count). The van der Waals surface area contributed by atoms with E-state index >= 15 is 0 Å². The first-order valence-corrected chi connectivity index (χ1v) is 4.52. The smallest absolute Gasteiger partial charge is 0.265 e. The molecule has 6 nitrogen and oxygen atoms in total. The molecule has 0 bridgehead atoms. The van der Waals surface area contributed by atoms with Gasteiger partial charge in [0.05, 0.1) is 11.6 Å². The fourth-order valence-electron chi connectivity index (χ4n) is 1.26. The van der Waals surface area contributed by atoms with E-state index in [1.54, 1.807) is 0 Å². The second-order valence-electron chi connectivity index (χ2n) is 3.21. The van der Waals surface area contributed by atoms with E-state index in [9.17, 15) is 15.2 Å². The predicted molar refractivity (Wildman–Crippen MR) is 54.0 cm³/mol. The minimum absolute atomic E-state index is 0.301. The normalized spacial score (nSPS) is 13.8. The molecule has 0 amide bonds. The van der Waals surface area contributed by atoms with Crippen molar-refractivity contribution in [3.63, 3.8) is 0 Å². The number of nitro groups is 1. The molecule has 6 heteroatoms. The number of benzene rings is 1. The van der Waals surface area contributed by atoms with Crippen LogP contribution in [-0.2, 0) is 0 Å². The van der Waals surface area contributed by atoms with Gasteiger partial charge in [0, 0.05) is 4.92 Å². The lowest BCUT2D eigenvalue weighted by atomic mass is 10.0. The predicted octanol–water partition coefficient (Wildman–Crippen LogP) is 0.229. The summed E-state index contributed by atoms with van der Waals surface area (Å²) in [5.74, 6) is 0. The Hall–Kier alpha value is -1.97. The average Bonchev–Trinajstić information content (AvgIpc) is 2.29. The third-order valence-electron chi connectivity index (χ3n) is 2.20. The largest absolute Gasteiger partial charge is 0.389 e. The van der Waals surface area contributed by atoms with Crippen molar-refractivity contribution < 1.29 is 15.1 Å². The summed E-state index contributed by atoms with van der Waals surface area (Å²) in [6, 6.07) is 6.20. The summed E-state index contributed by atoms with van der Waals surface area (Å²) >= 11 is 0. The van der Waals surface area contributed by atoms with E-state index in [4.69, 9.17) is 10.4 Å². The number of nitriles is 1. The Morgan fingerprint density at radius 2 is 2.00 bits per heavy atom. The van der Waals surface area contributed by atoms with Crippen molar-refractivity contribution in [1.29, 1.82) is 5.26 Å². The minimum Gasteiger partial charge on any atom is -0.389 e. The second-order valence-corrected chi connectivity index (χ2v) is 3.21. The first-order valence-electron chi connectivity index (χ1n) is 4.52. The molecule has 16 heavy (non-hydrogen) atoms. The monoisotopic (exact) mass is 222 g/mol. The zero-order chi connectivity index (χ0) is 12.1. The van der Waals surface area contributed by atoms with Crippen LogP contribution in [0.3, 0.4) is 0 Å². The van der Waals surface area contributed by atoms with Gasteiger partial charge >= 0.3 is 0 Å². The van der Waals surface area contributed by atoms with Gasteiger partial charge in [-0.25, -0.2) is 0 Å². The fourth-order valence-corrected chi connectivity index (χ4v) is 1.26. The maximum atomic E-state index is 10.5. The molecule has 2 atom stereocenters. The van der Waals surface area contributed by atoms with Gasteiger partial charge in [-0.05, 0) is 17.7 Å².